The van der Waals surface area contributed by atoms with E-state index in [4.69, 9.17) is 0 Å². The number of nitrogens with one attached hydrogen (secondary N) is 2. The van der Waals surface area contributed by atoms with Gasteiger partial charge in [0.25, 0.3) is 0 Å². The molecule has 2 aliphatic carbocycles. The van der Waals surface area contributed by atoms with Crippen LogP contribution < -0.4 is 10.6 Å². The van der Waals surface area contributed by atoms with E-state index in [0.717, 1.165) is 25.3 Å². The molecule has 0 bridgehead atoms. The van der Waals surface area contributed by atoms with Gasteiger partial charge in [-0.05, 0) is 38.1 Å². The van der Waals surface area contributed by atoms with Crippen LogP contribution in [0.1, 0.15) is 38.5 Å². The zero-order valence-corrected chi connectivity index (χ0v) is 10.00. The van der Waals surface area contributed by atoms with Gasteiger partial charge in [0, 0.05) is 0 Å². The van der Waals surface area contributed by atoms with Gasteiger partial charge in [0.1, 0.15) is 5.54 Å². The van der Waals surface area contributed by atoms with Gasteiger partial charge in [-0.1, -0.05) is 12.8 Å². The molecule has 0 atom stereocenters. The Morgan fingerprint density at radius 3 is 2.41 bits per heavy atom. The van der Waals surface area contributed by atoms with Crippen LogP contribution in [0, 0.1) is 5.92 Å². The summed E-state index contributed by atoms with van der Waals surface area (Å²) >= 11 is 0. The molecule has 0 radical (unpaired) electrons. The molecule has 17 heavy (non-hydrogen) atoms. The summed E-state index contributed by atoms with van der Waals surface area (Å²) in [6.07, 6.45) is 5.35. The largest absolute Gasteiger partial charge is 0.480 e. The lowest BCUT2D eigenvalue weighted by Crippen LogP contribution is -2.54. The van der Waals surface area contributed by atoms with Crippen LogP contribution in [-0.4, -0.2) is 35.6 Å². The highest BCUT2D eigenvalue weighted by atomic mass is 16.4. The van der Waals surface area contributed by atoms with Crippen molar-refractivity contribution in [3.8, 4) is 0 Å². The smallest absolute Gasteiger partial charge is 0.329 e. The molecule has 5 nitrogen and oxygen atoms in total. The summed E-state index contributed by atoms with van der Waals surface area (Å²) in [7, 11) is 0. The van der Waals surface area contributed by atoms with Crippen LogP contribution in [-0.2, 0) is 9.59 Å². The van der Waals surface area contributed by atoms with E-state index < -0.39 is 11.5 Å². The van der Waals surface area contributed by atoms with Crippen molar-refractivity contribution in [2.24, 2.45) is 5.92 Å². The molecule has 1 amide bonds. The van der Waals surface area contributed by atoms with Gasteiger partial charge in [0.2, 0.25) is 5.91 Å². The van der Waals surface area contributed by atoms with Gasteiger partial charge < -0.3 is 15.7 Å². The van der Waals surface area contributed by atoms with E-state index >= 15 is 0 Å². The number of rotatable bonds is 6. The molecule has 2 saturated carbocycles. The first kappa shape index (κ1) is 12.4. The van der Waals surface area contributed by atoms with Crippen LogP contribution >= 0.6 is 0 Å². The molecule has 2 rings (SSSR count). The predicted octanol–water partition coefficient (Wildman–Crippen LogP) is 0.500. The first-order valence-electron chi connectivity index (χ1n) is 6.37. The third kappa shape index (κ3) is 3.19. The normalized spacial score (nSPS) is 22.4. The minimum atomic E-state index is -1.00. The Balaban J connectivity index is 1.76. The van der Waals surface area contributed by atoms with Gasteiger partial charge >= 0.3 is 5.97 Å². The number of hydrogen-bond donors (Lipinski definition) is 3. The summed E-state index contributed by atoms with van der Waals surface area (Å²) in [5.74, 6) is -0.372. The standard InChI is InChI=1S/C12H20N2O3/c15-10(8-13-7-9-3-4-9)14-12(11(16)17)5-1-2-6-12/h9,13H,1-8H2,(H,14,15)(H,16,17). The Bertz CT molecular complexity index is 307. The van der Waals surface area contributed by atoms with Gasteiger partial charge in [0.15, 0.2) is 0 Å². The Morgan fingerprint density at radius 1 is 1.24 bits per heavy atom. The molecule has 0 unspecified atom stereocenters. The van der Waals surface area contributed by atoms with Crippen molar-refractivity contribution < 1.29 is 14.7 Å². The van der Waals surface area contributed by atoms with Gasteiger partial charge in [0.05, 0.1) is 6.54 Å². The Labute approximate surface area is 101 Å². The predicted molar refractivity (Wildman–Crippen MR) is 62.6 cm³/mol. The first-order chi connectivity index (χ1) is 8.12. The van der Waals surface area contributed by atoms with E-state index in [-0.39, 0.29) is 12.5 Å². The van der Waals surface area contributed by atoms with Gasteiger partial charge in [-0.3, -0.25) is 4.79 Å². The molecule has 0 spiro atoms. The van der Waals surface area contributed by atoms with Crippen LogP contribution in [0.4, 0.5) is 0 Å². The van der Waals surface area contributed by atoms with E-state index in [1.807, 2.05) is 0 Å². The maximum absolute atomic E-state index is 11.7. The number of amides is 1. The molecular formula is C12H20N2O3. The fraction of sp³-hybridized carbons (Fsp3) is 0.833. The Morgan fingerprint density at radius 2 is 1.88 bits per heavy atom. The summed E-state index contributed by atoms with van der Waals surface area (Å²) < 4.78 is 0. The third-order valence-corrected chi connectivity index (χ3v) is 3.66. The minimum absolute atomic E-state index is 0.199. The van der Waals surface area contributed by atoms with Crippen molar-refractivity contribution in [2.45, 2.75) is 44.1 Å². The number of hydrogen-bond acceptors (Lipinski definition) is 3. The SMILES string of the molecule is O=C(CNCC1CC1)NC1(C(=O)O)CCCC1. The van der Waals surface area contributed by atoms with Crippen molar-refractivity contribution in [1.29, 1.82) is 0 Å². The number of carbonyl (C=O) groups is 2. The van der Waals surface area contributed by atoms with Gasteiger partial charge in [-0.15, -0.1) is 0 Å². The van der Waals surface area contributed by atoms with Crippen molar-refractivity contribution in [3.05, 3.63) is 0 Å². The topological polar surface area (TPSA) is 78.4 Å². The number of aliphatic carboxylic acids is 1. The van der Waals surface area contributed by atoms with Crippen LogP contribution in [0.5, 0.6) is 0 Å². The lowest BCUT2D eigenvalue weighted by molar-refractivity contribution is -0.147. The molecule has 0 aromatic rings. The molecule has 2 fully saturated rings. The monoisotopic (exact) mass is 240 g/mol. The molecule has 2 aliphatic rings. The van der Waals surface area contributed by atoms with Gasteiger partial charge in [-0.25, -0.2) is 4.79 Å². The number of carbonyl (C=O) groups excluding carboxylic acids is 1. The van der Waals surface area contributed by atoms with E-state index in [9.17, 15) is 14.7 Å². The second-order valence-electron chi connectivity index (χ2n) is 5.22. The average molecular weight is 240 g/mol. The maximum Gasteiger partial charge on any atom is 0.329 e. The van der Waals surface area contributed by atoms with Crippen LogP contribution in [0.25, 0.3) is 0 Å². The lowest BCUT2D eigenvalue weighted by atomic mass is 9.98. The second-order valence-corrected chi connectivity index (χ2v) is 5.22. The lowest BCUT2D eigenvalue weighted by Gasteiger charge is -2.25. The molecule has 0 aromatic heterocycles. The fourth-order valence-electron chi connectivity index (χ4n) is 2.39. The number of carboxylic acids is 1. The summed E-state index contributed by atoms with van der Waals surface area (Å²) in [6.45, 7) is 1.10. The third-order valence-electron chi connectivity index (χ3n) is 3.66. The van der Waals surface area contributed by atoms with E-state index in [1.165, 1.54) is 12.8 Å². The Hall–Kier alpha value is -1.10. The zero-order valence-electron chi connectivity index (χ0n) is 10.00. The summed E-state index contributed by atoms with van der Waals surface area (Å²) in [6, 6.07) is 0. The summed E-state index contributed by atoms with van der Waals surface area (Å²) in [5.41, 5.74) is -1.00. The van der Waals surface area contributed by atoms with Crippen molar-refractivity contribution in [1.82, 2.24) is 10.6 Å². The molecule has 0 heterocycles. The highest BCUT2D eigenvalue weighted by Gasteiger charge is 2.42. The fourth-order valence-corrected chi connectivity index (χ4v) is 2.39. The van der Waals surface area contributed by atoms with Gasteiger partial charge in [-0.2, -0.15) is 0 Å². The first-order valence-corrected chi connectivity index (χ1v) is 6.37. The Kier molecular flexibility index (Phi) is 3.66. The van der Waals surface area contributed by atoms with E-state index in [1.54, 1.807) is 0 Å². The van der Waals surface area contributed by atoms with Crippen LogP contribution in [0.2, 0.25) is 0 Å². The molecule has 0 aliphatic heterocycles. The van der Waals surface area contributed by atoms with Crippen LogP contribution in [0.15, 0.2) is 0 Å². The van der Waals surface area contributed by atoms with Crippen molar-refractivity contribution >= 4 is 11.9 Å². The summed E-state index contributed by atoms with van der Waals surface area (Å²) in [5, 5.41) is 15.0. The molecular weight excluding hydrogens is 220 g/mol. The molecule has 3 N–H and O–H groups in total. The molecule has 0 aromatic carbocycles. The van der Waals surface area contributed by atoms with E-state index in [0.29, 0.717) is 12.8 Å². The average Bonchev–Trinajstić information content (AvgIpc) is 2.96. The molecule has 5 heteroatoms. The quantitative estimate of drug-likeness (QED) is 0.631. The van der Waals surface area contributed by atoms with Crippen LogP contribution in [0.3, 0.4) is 0 Å². The second kappa shape index (κ2) is 5.04. The highest BCUT2D eigenvalue weighted by molar-refractivity contribution is 5.88. The van der Waals surface area contributed by atoms with Crippen molar-refractivity contribution in [2.75, 3.05) is 13.1 Å². The zero-order chi connectivity index (χ0) is 12.3. The minimum Gasteiger partial charge on any atom is -0.480 e. The maximum atomic E-state index is 11.7. The van der Waals surface area contributed by atoms with Crippen molar-refractivity contribution in [3.63, 3.8) is 0 Å². The molecule has 96 valence electrons. The highest BCUT2D eigenvalue weighted by Crippen LogP contribution is 2.30. The number of carboxylic acid groups (broad SMARTS) is 1. The van der Waals surface area contributed by atoms with E-state index in [2.05, 4.69) is 10.6 Å². The molecule has 0 saturated heterocycles. The summed E-state index contributed by atoms with van der Waals surface area (Å²) in [4.78, 5) is 22.9.